The summed E-state index contributed by atoms with van der Waals surface area (Å²) in [4.78, 5) is 36.4. The molecule has 0 aliphatic carbocycles. The van der Waals surface area contributed by atoms with Crippen LogP contribution in [0.1, 0.15) is 34.0 Å². The number of fused-ring (bicyclic) bond motifs is 4. The number of hydrogen-bond acceptors (Lipinski definition) is 5. The number of aromatic nitrogens is 3. The molecule has 1 saturated heterocycles. The van der Waals surface area contributed by atoms with Crippen molar-refractivity contribution in [2.45, 2.75) is 25.1 Å². The largest absolute Gasteiger partial charge is 0.416 e. The van der Waals surface area contributed by atoms with Crippen LogP contribution in [-0.4, -0.2) is 33.5 Å². The number of alkyl halides is 3. The number of nitrogens with zero attached hydrogens (tertiary/aromatic N) is 4. The predicted molar refractivity (Wildman–Crippen MR) is 115 cm³/mol. The first-order valence-corrected chi connectivity index (χ1v) is 10.5. The third-order valence-corrected chi connectivity index (χ3v) is 6.16. The van der Waals surface area contributed by atoms with Crippen molar-refractivity contribution in [3.8, 4) is 0 Å². The van der Waals surface area contributed by atoms with Crippen molar-refractivity contribution in [3.63, 3.8) is 0 Å². The Kier molecular flexibility index (Phi) is 5.15. The molecule has 10 heteroatoms. The lowest BCUT2D eigenvalue weighted by Gasteiger charge is -2.42. The number of piperidine rings is 1. The lowest BCUT2D eigenvalue weighted by atomic mass is 9.83. The summed E-state index contributed by atoms with van der Waals surface area (Å²) in [6.07, 6.45) is -0.111. The van der Waals surface area contributed by atoms with E-state index in [0.717, 1.165) is 42.9 Å². The normalized spacial score (nSPS) is 19.7. The van der Waals surface area contributed by atoms with Gasteiger partial charge in [-0.3, -0.25) is 9.59 Å². The molecule has 2 atom stereocenters. The summed E-state index contributed by atoms with van der Waals surface area (Å²) in [5.74, 6) is 0.403. The monoisotopic (exact) mass is 455 g/mol. The Balaban J connectivity index is 1.36. The van der Waals surface area contributed by atoms with Crippen LogP contribution in [0.5, 0.6) is 0 Å². The van der Waals surface area contributed by atoms with Gasteiger partial charge in [-0.2, -0.15) is 13.2 Å². The van der Waals surface area contributed by atoms with Crippen molar-refractivity contribution < 1.29 is 18.0 Å². The summed E-state index contributed by atoms with van der Waals surface area (Å²) in [7, 11) is 0. The molecule has 1 N–H and O–H groups in total. The fraction of sp³-hybridized carbons (Fsp3) is 0.304. The van der Waals surface area contributed by atoms with Gasteiger partial charge >= 0.3 is 6.18 Å². The number of carbonyl (C=O) groups is 1. The second-order valence-corrected chi connectivity index (χ2v) is 8.37. The number of benzene rings is 1. The van der Waals surface area contributed by atoms with Crippen molar-refractivity contribution in [2.24, 2.45) is 5.92 Å². The first kappa shape index (κ1) is 21.2. The van der Waals surface area contributed by atoms with E-state index < -0.39 is 17.6 Å². The highest BCUT2D eigenvalue weighted by Gasteiger charge is 2.36. The van der Waals surface area contributed by atoms with Gasteiger partial charge in [-0.05, 0) is 54.8 Å². The van der Waals surface area contributed by atoms with E-state index in [0.29, 0.717) is 19.0 Å². The third kappa shape index (κ3) is 4.08. The highest BCUT2D eigenvalue weighted by molar-refractivity contribution is 6.04. The van der Waals surface area contributed by atoms with Gasteiger partial charge in [0, 0.05) is 49.2 Å². The van der Waals surface area contributed by atoms with Gasteiger partial charge in [0.15, 0.2) is 0 Å². The van der Waals surface area contributed by atoms with E-state index in [9.17, 15) is 22.8 Å². The molecule has 0 spiro atoms. The summed E-state index contributed by atoms with van der Waals surface area (Å²) < 4.78 is 39.9. The van der Waals surface area contributed by atoms with Crippen molar-refractivity contribution >= 4 is 17.5 Å². The first-order chi connectivity index (χ1) is 15.8. The van der Waals surface area contributed by atoms with E-state index >= 15 is 0 Å². The highest BCUT2D eigenvalue weighted by atomic mass is 19.4. The molecule has 1 aromatic carbocycles. The molecule has 3 aromatic rings. The van der Waals surface area contributed by atoms with Crippen LogP contribution in [0.3, 0.4) is 0 Å². The molecule has 1 amide bonds. The minimum Gasteiger partial charge on any atom is -0.340 e. The molecule has 0 unspecified atom stereocenters. The fourth-order valence-electron chi connectivity index (χ4n) is 4.66. The van der Waals surface area contributed by atoms with Crippen LogP contribution in [0, 0.1) is 5.92 Å². The lowest BCUT2D eigenvalue weighted by Crippen LogP contribution is -2.48. The Labute approximate surface area is 186 Å². The smallest absolute Gasteiger partial charge is 0.340 e. The molecule has 2 aliphatic rings. The van der Waals surface area contributed by atoms with E-state index in [1.54, 1.807) is 29.1 Å². The Hall–Kier alpha value is -3.69. The van der Waals surface area contributed by atoms with E-state index in [-0.39, 0.29) is 28.6 Å². The maximum atomic E-state index is 13.1. The van der Waals surface area contributed by atoms with Gasteiger partial charge in [-0.15, -0.1) is 0 Å². The van der Waals surface area contributed by atoms with Gasteiger partial charge in [-0.25, -0.2) is 9.97 Å². The van der Waals surface area contributed by atoms with Gasteiger partial charge in [0.25, 0.3) is 11.5 Å². The number of halogens is 3. The summed E-state index contributed by atoms with van der Waals surface area (Å²) in [5.41, 5.74) is -0.113. The molecule has 33 heavy (non-hydrogen) atoms. The third-order valence-electron chi connectivity index (χ3n) is 6.16. The SMILES string of the molecule is O=C(Nc1ccc2n(c1=O)C[C@H]1C[C@@H]2CN(c2ncccn2)C1)c1ccc(C(F)(F)F)cc1. The quantitative estimate of drug-likeness (QED) is 0.654. The Morgan fingerprint density at radius 1 is 1.00 bits per heavy atom. The minimum atomic E-state index is -4.48. The minimum absolute atomic E-state index is 0.0421. The first-order valence-electron chi connectivity index (χ1n) is 10.5. The second kappa shape index (κ2) is 8.02. The summed E-state index contributed by atoms with van der Waals surface area (Å²) in [5, 5.41) is 2.55. The van der Waals surface area contributed by atoms with Gasteiger partial charge in [0.2, 0.25) is 5.95 Å². The zero-order valence-electron chi connectivity index (χ0n) is 17.4. The number of amides is 1. The topological polar surface area (TPSA) is 80.1 Å². The molecule has 2 aromatic heterocycles. The Morgan fingerprint density at radius 3 is 2.42 bits per heavy atom. The zero-order chi connectivity index (χ0) is 23.2. The van der Waals surface area contributed by atoms with Crippen LogP contribution in [-0.2, 0) is 12.7 Å². The number of rotatable bonds is 3. The van der Waals surface area contributed by atoms with Crippen LogP contribution < -0.4 is 15.8 Å². The number of anilines is 2. The van der Waals surface area contributed by atoms with Crippen molar-refractivity contribution in [1.82, 2.24) is 14.5 Å². The molecule has 2 bridgehead atoms. The lowest BCUT2D eigenvalue weighted by molar-refractivity contribution is -0.137. The molecule has 1 fully saturated rings. The van der Waals surface area contributed by atoms with Crippen molar-refractivity contribution in [2.75, 3.05) is 23.3 Å². The van der Waals surface area contributed by atoms with Crippen molar-refractivity contribution in [1.29, 1.82) is 0 Å². The molecule has 7 nitrogen and oxygen atoms in total. The zero-order valence-corrected chi connectivity index (χ0v) is 17.4. The molecule has 0 saturated carbocycles. The molecule has 2 aliphatic heterocycles. The molecule has 0 radical (unpaired) electrons. The standard InChI is InChI=1S/C23H20F3N5O2/c24-23(25,26)17-4-2-15(3-5-17)20(32)29-18-6-7-19-16-10-14(12-31(19)21(18)33)11-30(13-16)22-27-8-1-9-28-22/h1-9,14,16H,10-13H2,(H,29,32)/t14-,16+/m0/s1. The summed E-state index contributed by atoms with van der Waals surface area (Å²) in [6.45, 7) is 1.93. The molecular weight excluding hydrogens is 435 g/mol. The Bertz CT molecular complexity index is 1240. The number of pyridine rings is 1. The fourth-order valence-corrected chi connectivity index (χ4v) is 4.66. The maximum absolute atomic E-state index is 13.1. The number of nitrogens with one attached hydrogen (secondary N) is 1. The number of hydrogen-bond donors (Lipinski definition) is 1. The predicted octanol–water partition coefficient (Wildman–Crippen LogP) is 3.53. The van der Waals surface area contributed by atoms with Gasteiger partial charge in [0.1, 0.15) is 5.69 Å². The van der Waals surface area contributed by atoms with E-state index in [4.69, 9.17) is 0 Å². The van der Waals surface area contributed by atoms with E-state index in [1.165, 1.54) is 0 Å². The van der Waals surface area contributed by atoms with Gasteiger partial charge < -0.3 is 14.8 Å². The number of carbonyl (C=O) groups excluding carboxylic acids is 1. The van der Waals surface area contributed by atoms with E-state index in [1.807, 2.05) is 6.07 Å². The van der Waals surface area contributed by atoms with Crippen molar-refractivity contribution in [3.05, 3.63) is 82.0 Å². The maximum Gasteiger partial charge on any atom is 0.416 e. The molecule has 4 heterocycles. The van der Waals surface area contributed by atoms with Crippen LogP contribution in [0.15, 0.2) is 59.7 Å². The molecular formula is C23H20F3N5O2. The van der Waals surface area contributed by atoms with Crippen LogP contribution in [0.2, 0.25) is 0 Å². The summed E-state index contributed by atoms with van der Waals surface area (Å²) >= 11 is 0. The molecule has 5 rings (SSSR count). The average molecular weight is 455 g/mol. The van der Waals surface area contributed by atoms with Crippen LogP contribution in [0.4, 0.5) is 24.8 Å². The van der Waals surface area contributed by atoms with Gasteiger partial charge in [-0.1, -0.05) is 0 Å². The van der Waals surface area contributed by atoms with Gasteiger partial charge in [0.05, 0.1) is 5.56 Å². The van der Waals surface area contributed by atoms with E-state index in [2.05, 4.69) is 20.2 Å². The second-order valence-electron chi connectivity index (χ2n) is 8.37. The Morgan fingerprint density at radius 2 is 1.73 bits per heavy atom. The molecule has 170 valence electrons. The average Bonchev–Trinajstić information content (AvgIpc) is 2.81. The van der Waals surface area contributed by atoms with Crippen LogP contribution >= 0.6 is 0 Å². The highest BCUT2D eigenvalue weighted by Crippen LogP contribution is 2.36. The summed E-state index contributed by atoms with van der Waals surface area (Å²) in [6, 6.07) is 9.05. The van der Waals surface area contributed by atoms with Crippen LogP contribution in [0.25, 0.3) is 0 Å².